The first kappa shape index (κ1) is 16.2. The lowest BCUT2D eigenvalue weighted by Crippen LogP contribution is -2.38. The van der Waals surface area contributed by atoms with Gasteiger partial charge in [0.1, 0.15) is 0 Å². The maximum absolute atomic E-state index is 12.8. The molecule has 1 aliphatic rings. The van der Waals surface area contributed by atoms with Gasteiger partial charge in [0, 0.05) is 5.69 Å². The van der Waals surface area contributed by atoms with Crippen molar-refractivity contribution in [3.05, 3.63) is 60.7 Å². The van der Waals surface area contributed by atoms with Gasteiger partial charge in [0.25, 0.3) is 16.0 Å². The highest BCUT2D eigenvalue weighted by atomic mass is 32.2. The monoisotopic (exact) mass is 346 g/mol. The molecule has 1 saturated heterocycles. The van der Waals surface area contributed by atoms with Crippen molar-refractivity contribution in [1.82, 2.24) is 0 Å². The maximum Gasteiger partial charge on any atom is 0.338 e. The Bertz CT molecular complexity index is 868. The molecule has 0 saturated carbocycles. The second-order valence-corrected chi connectivity index (χ2v) is 6.75. The number of carbonyl (C=O) groups excluding carboxylic acids is 2. The van der Waals surface area contributed by atoms with Gasteiger partial charge in [-0.15, -0.1) is 0 Å². The fourth-order valence-electron chi connectivity index (χ4n) is 2.42. The molecule has 8 heteroatoms. The SMILES string of the molecule is CS(=O)(=O)OC1C(=O)N(c2ccccc2)C(=O)N1c1ccccc1. The molecule has 0 spiro atoms. The molecular weight excluding hydrogens is 332 g/mol. The van der Waals surface area contributed by atoms with E-state index in [4.69, 9.17) is 4.18 Å². The molecule has 0 bridgehead atoms. The predicted octanol–water partition coefficient (Wildman–Crippen LogP) is 1.96. The van der Waals surface area contributed by atoms with Crippen molar-refractivity contribution >= 4 is 33.4 Å². The molecular formula is C16H14N2O5S. The number of hydrogen-bond donors (Lipinski definition) is 0. The van der Waals surface area contributed by atoms with Gasteiger partial charge in [-0.2, -0.15) is 8.42 Å². The molecule has 1 atom stereocenters. The van der Waals surface area contributed by atoms with E-state index in [0.29, 0.717) is 11.4 Å². The fourth-order valence-corrected chi connectivity index (χ4v) is 2.92. The van der Waals surface area contributed by atoms with E-state index in [1.165, 1.54) is 0 Å². The molecule has 2 aromatic rings. The Hall–Kier alpha value is -2.71. The van der Waals surface area contributed by atoms with E-state index >= 15 is 0 Å². The molecule has 24 heavy (non-hydrogen) atoms. The van der Waals surface area contributed by atoms with Crippen molar-refractivity contribution in [1.29, 1.82) is 0 Å². The topological polar surface area (TPSA) is 84.0 Å². The first-order valence-electron chi connectivity index (χ1n) is 7.04. The second-order valence-electron chi connectivity index (χ2n) is 5.15. The number of rotatable bonds is 4. The number of amides is 3. The Morgan fingerprint density at radius 1 is 0.875 bits per heavy atom. The molecule has 3 amide bonds. The maximum atomic E-state index is 12.8. The van der Waals surface area contributed by atoms with Crippen LogP contribution in [0.1, 0.15) is 0 Å². The van der Waals surface area contributed by atoms with E-state index in [-0.39, 0.29) is 0 Å². The number of urea groups is 1. The third-order valence-corrected chi connectivity index (χ3v) is 3.91. The number of nitrogens with zero attached hydrogens (tertiary/aromatic N) is 2. The lowest BCUT2D eigenvalue weighted by molar-refractivity contribution is -0.122. The van der Waals surface area contributed by atoms with Crippen molar-refractivity contribution in [2.24, 2.45) is 0 Å². The van der Waals surface area contributed by atoms with Crippen LogP contribution >= 0.6 is 0 Å². The molecule has 0 N–H and O–H groups in total. The van der Waals surface area contributed by atoms with E-state index in [9.17, 15) is 18.0 Å². The lowest BCUT2D eigenvalue weighted by atomic mass is 10.3. The van der Waals surface area contributed by atoms with Crippen LogP contribution in [0.15, 0.2) is 60.7 Å². The predicted molar refractivity (Wildman–Crippen MR) is 88.0 cm³/mol. The van der Waals surface area contributed by atoms with Crippen molar-refractivity contribution in [2.45, 2.75) is 6.23 Å². The average molecular weight is 346 g/mol. The van der Waals surface area contributed by atoms with Crippen LogP contribution in [0.2, 0.25) is 0 Å². The van der Waals surface area contributed by atoms with Gasteiger partial charge in [-0.25, -0.2) is 13.9 Å². The van der Waals surface area contributed by atoms with Crippen LogP contribution in [0.5, 0.6) is 0 Å². The Morgan fingerprint density at radius 2 is 1.38 bits per heavy atom. The van der Waals surface area contributed by atoms with Crippen LogP contribution in [0.25, 0.3) is 0 Å². The van der Waals surface area contributed by atoms with Gasteiger partial charge in [-0.05, 0) is 24.3 Å². The molecule has 0 aliphatic carbocycles. The van der Waals surface area contributed by atoms with Gasteiger partial charge in [0.2, 0.25) is 6.23 Å². The summed E-state index contributed by atoms with van der Waals surface area (Å²) in [6.07, 6.45) is -0.742. The fraction of sp³-hybridized carbons (Fsp3) is 0.125. The van der Waals surface area contributed by atoms with E-state index in [1.54, 1.807) is 60.7 Å². The zero-order valence-electron chi connectivity index (χ0n) is 12.7. The average Bonchev–Trinajstić information content (AvgIpc) is 2.78. The second kappa shape index (κ2) is 6.06. The minimum Gasteiger partial charge on any atom is -0.269 e. The summed E-state index contributed by atoms with van der Waals surface area (Å²) in [6.45, 7) is 0. The van der Waals surface area contributed by atoms with Crippen molar-refractivity contribution in [3.63, 3.8) is 0 Å². The normalized spacial score (nSPS) is 18.3. The van der Waals surface area contributed by atoms with E-state index in [1.807, 2.05) is 0 Å². The van der Waals surface area contributed by atoms with Gasteiger partial charge in [-0.1, -0.05) is 36.4 Å². The first-order chi connectivity index (χ1) is 11.4. The first-order valence-corrected chi connectivity index (χ1v) is 8.85. The number of para-hydroxylation sites is 2. The van der Waals surface area contributed by atoms with Crippen LogP contribution in [0.4, 0.5) is 16.2 Å². The Labute approximate surface area is 139 Å². The number of anilines is 2. The largest absolute Gasteiger partial charge is 0.338 e. The van der Waals surface area contributed by atoms with Crippen LogP contribution in [0, 0.1) is 0 Å². The van der Waals surface area contributed by atoms with Gasteiger partial charge in [-0.3, -0.25) is 9.69 Å². The molecule has 0 radical (unpaired) electrons. The minimum atomic E-state index is -3.95. The molecule has 2 aromatic carbocycles. The molecule has 124 valence electrons. The number of hydrogen-bond acceptors (Lipinski definition) is 5. The van der Waals surface area contributed by atoms with Gasteiger partial charge >= 0.3 is 6.03 Å². The number of carbonyl (C=O) groups is 2. The summed E-state index contributed by atoms with van der Waals surface area (Å²) in [5.74, 6) is -0.763. The van der Waals surface area contributed by atoms with Crippen LogP contribution < -0.4 is 9.80 Å². The van der Waals surface area contributed by atoms with Crippen LogP contribution in [-0.2, 0) is 19.1 Å². The Balaban J connectivity index is 2.08. The summed E-state index contributed by atoms with van der Waals surface area (Å²) in [5.41, 5.74) is 0.705. The number of benzene rings is 2. The minimum absolute atomic E-state index is 0.341. The number of imide groups is 1. The van der Waals surface area contributed by atoms with E-state index < -0.39 is 28.3 Å². The Kier molecular flexibility index (Phi) is 4.08. The third kappa shape index (κ3) is 3.01. The smallest absolute Gasteiger partial charge is 0.269 e. The molecule has 1 aliphatic heterocycles. The van der Waals surface area contributed by atoms with Gasteiger partial charge in [0.15, 0.2) is 0 Å². The zero-order chi connectivity index (χ0) is 17.3. The summed E-state index contributed by atoms with van der Waals surface area (Å²) in [7, 11) is -3.95. The summed E-state index contributed by atoms with van der Waals surface area (Å²) < 4.78 is 27.9. The third-order valence-electron chi connectivity index (χ3n) is 3.38. The van der Waals surface area contributed by atoms with Crippen molar-refractivity contribution in [2.75, 3.05) is 16.1 Å². The summed E-state index contributed by atoms with van der Waals surface area (Å²) in [5, 5.41) is 0. The van der Waals surface area contributed by atoms with Crippen molar-refractivity contribution in [3.8, 4) is 0 Å². The quantitative estimate of drug-likeness (QED) is 0.624. The van der Waals surface area contributed by atoms with Crippen molar-refractivity contribution < 1.29 is 22.2 Å². The van der Waals surface area contributed by atoms with Gasteiger partial charge < -0.3 is 0 Å². The summed E-state index contributed by atoms with van der Waals surface area (Å²) >= 11 is 0. The van der Waals surface area contributed by atoms with E-state index in [0.717, 1.165) is 16.1 Å². The molecule has 1 unspecified atom stereocenters. The highest BCUT2D eigenvalue weighted by Crippen LogP contribution is 2.30. The van der Waals surface area contributed by atoms with Crippen LogP contribution in [-0.4, -0.2) is 32.8 Å². The molecule has 3 rings (SSSR count). The van der Waals surface area contributed by atoms with Gasteiger partial charge in [0.05, 0.1) is 11.9 Å². The highest BCUT2D eigenvalue weighted by Gasteiger charge is 2.49. The lowest BCUT2D eigenvalue weighted by Gasteiger charge is -2.20. The standard InChI is InChI=1S/C16H14N2O5S/c1-24(21,22)23-15-14(19)17(12-8-4-2-5-9-12)16(20)18(15)13-10-6-3-7-11-13/h2-11,15H,1H3. The Morgan fingerprint density at radius 3 is 1.88 bits per heavy atom. The molecule has 0 aromatic heterocycles. The van der Waals surface area contributed by atoms with Crippen LogP contribution in [0.3, 0.4) is 0 Å². The highest BCUT2D eigenvalue weighted by molar-refractivity contribution is 7.86. The summed E-state index contributed by atoms with van der Waals surface area (Å²) in [4.78, 5) is 27.4. The molecule has 1 fully saturated rings. The molecule has 7 nitrogen and oxygen atoms in total. The van der Waals surface area contributed by atoms with E-state index in [2.05, 4.69) is 0 Å². The summed E-state index contributed by atoms with van der Waals surface area (Å²) in [6, 6.07) is 15.9. The zero-order valence-corrected chi connectivity index (χ0v) is 13.5. The molecule has 1 heterocycles.